The average molecular weight is 251 g/mol. The van der Waals surface area contributed by atoms with E-state index in [0.29, 0.717) is 11.3 Å². The van der Waals surface area contributed by atoms with E-state index in [9.17, 15) is 0 Å². The summed E-state index contributed by atoms with van der Waals surface area (Å²) in [6, 6.07) is 10.7. The molecule has 2 heteroatoms. The molecule has 0 spiro atoms. The van der Waals surface area contributed by atoms with Crippen LogP contribution in [0.2, 0.25) is 0 Å². The van der Waals surface area contributed by atoms with Gasteiger partial charge in [0.05, 0.1) is 0 Å². The molecule has 0 bridgehead atoms. The van der Waals surface area contributed by atoms with Gasteiger partial charge < -0.3 is 5.32 Å². The van der Waals surface area contributed by atoms with Gasteiger partial charge in [-0.25, -0.2) is 0 Å². The van der Waals surface area contributed by atoms with E-state index in [0.717, 1.165) is 6.54 Å². The molecule has 0 aliphatic carbocycles. The molecular weight excluding hydrogens is 226 g/mol. The standard InChI is InChI=1S/C15H25NS/c1-13(2)15(3,12-16-4)10-11-17-14-8-6-5-7-9-14/h5-9,13,16H,10-12H2,1-4H3. The van der Waals surface area contributed by atoms with Crippen LogP contribution in [0.4, 0.5) is 0 Å². The highest BCUT2D eigenvalue weighted by Crippen LogP contribution is 2.33. The van der Waals surface area contributed by atoms with Crippen molar-refractivity contribution in [2.24, 2.45) is 11.3 Å². The summed E-state index contributed by atoms with van der Waals surface area (Å²) in [4.78, 5) is 1.38. The maximum atomic E-state index is 3.33. The maximum Gasteiger partial charge on any atom is 0.00719 e. The molecule has 0 radical (unpaired) electrons. The van der Waals surface area contributed by atoms with Crippen LogP contribution in [-0.2, 0) is 0 Å². The summed E-state index contributed by atoms with van der Waals surface area (Å²) in [6.45, 7) is 8.13. The van der Waals surface area contributed by atoms with Crippen LogP contribution >= 0.6 is 11.8 Å². The molecule has 0 aromatic heterocycles. The summed E-state index contributed by atoms with van der Waals surface area (Å²) in [6.07, 6.45) is 1.26. The third-order valence-corrected chi connectivity index (χ3v) is 4.67. The molecule has 0 aliphatic rings. The van der Waals surface area contributed by atoms with Gasteiger partial charge in [0.2, 0.25) is 0 Å². The van der Waals surface area contributed by atoms with Gasteiger partial charge in [-0.1, -0.05) is 39.0 Å². The molecular formula is C15H25NS. The molecule has 1 atom stereocenters. The summed E-state index contributed by atoms with van der Waals surface area (Å²) in [5, 5.41) is 3.33. The van der Waals surface area contributed by atoms with E-state index < -0.39 is 0 Å². The number of hydrogen-bond acceptors (Lipinski definition) is 2. The van der Waals surface area contributed by atoms with Crippen LogP contribution in [-0.4, -0.2) is 19.3 Å². The lowest BCUT2D eigenvalue weighted by molar-refractivity contribution is 0.207. The van der Waals surface area contributed by atoms with Gasteiger partial charge in [0.25, 0.3) is 0 Å². The quantitative estimate of drug-likeness (QED) is 0.734. The Bertz CT molecular complexity index is 310. The summed E-state index contributed by atoms with van der Waals surface area (Å²) >= 11 is 1.96. The third kappa shape index (κ3) is 4.72. The van der Waals surface area contributed by atoms with E-state index >= 15 is 0 Å². The summed E-state index contributed by atoms with van der Waals surface area (Å²) < 4.78 is 0. The summed E-state index contributed by atoms with van der Waals surface area (Å²) in [5.74, 6) is 1.91. The molecule has 0 fully saturated rings. The van der Waals surface area contributed by atoms with E-state index in [4.69, 9.17) is 0 Å². The molecule has 96 valence electrons. The van der Waals surface area contributed by atoms with E-state index in [1.54, 1.807) is 0 Å². The van der Waals surface area contributed by atoms with E-state index in [2.05, 4.69) is 56.4 Å². The summed E-state index contributed by atoms with van der Waals surface area (Å²) in [7, 11) is 2.05. The van der Waals surface area contributed by atoms with E-state index in [1.165, 1.54) is 17.1 Å². The minimum Gasteiger partial charge on any atom is -0.319 e. The number of thioether (sulfide) groups is 1. The Balaban J connectivity index is 2.43. The van der Waals surface area contributed by atoms with Crippen molar-refractivity contribution in [3.05, 3.63) is 30.3 Å². The van der Waals surface area contributed by atoms with Crippen molar-refractivity contribution in [2.75, 3.05) is 19.3 Å². The fourth-order valence-corrected chi connectivity index (χ4v) is 3.06. The second kappa shape index (κ2) is 7.07. The Morgan fingerprint density at radius 3 is 2.41 bits per heavy atom. The van der Waals surface area contributed by atoms with Crippen LogP contribution in [0, 0.1) is 11.3 Å². The van der Waals surface area contributed by atoms with Gasteiger partial charge >= 0.3 is 0 Å². The minimum atomic E-state index is 0.399. The van der Waals surface area contributed by atoms with Gasteiger partial charge in [-0.15, -0.1) is 11.8 Å². The van der Waals surface area contributed by atoms with Crippen LogP contribution in [0.15, 0.2) is 35.2 Å². The van der Waals surface area contributed by atoms with Crippen molar-refractivity contribution in [3.8, 4) is 0 Å². The third-order valence-electron chi connectivity index (χ3n) is 3.66. The predicted octanol–water partition coefficient (Wildman–Crippen LogP) is 4.05. The van der Waals surface area contributed by atoms with Crippen molar-refractivity contribution in [3.63, 3.8) is 0 Å². The lowest BCUT2D eigenvalue weighted by Gasteiger charge is -2.33. The van der Waals surface area contributed by atoms with Crippen LogP contribution in [0.25, 0.3) is 0 Å². The first-order valence-corrected chi connectivity index (χ1v) is 7.39. The number of rotatable bonds is 7. The fourth-order valence-electron chi connectivity index (χ4n) is 1.90. The van der Waals surface area contributed by atoms with E-state index in [1.807, 2.05) is 18.8 Å². The highest BCUT2D eigenvalue weighted by molar-refractivity contribution is 7.99. The molecule has 1 nitrogen and oxygen atoms in total. The monoisotopic (exact) mass is 251 g/mol. The molecule has 1 N–H and O–H groups in total. The normalized spacial score (nSPS) is 14.9. The first-order valence-electron chi connectivity index (χ1n) is 6.41. The zero-order valence-electron chi connectivity index (χ0n) is 11.5. The Morgan fingerprint density at radius 2 is 1.88 bits per heavy atom. The highest BCUT2D eigenvalue weighted by atomic mass is 32.2. The van der Waals surface area contributed by atoms with Crippen LogP contribution < -0.4 is 5.32 Å². The van der Waals surface area contributed by atoms with Gasteiger partial charge in [-0.05, 0) is 42.7 Å². The fraction of sp³-hybridized carbons (Fsp3) is 0.600. The molecule has 0 saturated carbocycles. The molecule has 0 aliphatic heterocycles. The topological polar surface area (TPSA) is 12.0 Å². The zero-order valence-corrected chi connectivity index (χ0v) is 12.3. The van der Waals surface area contributed by atoms with Gasteiger partial charge in [-0.3, -0.25) is 0 Å². The van der Waals surface area contributed by atoms with Crippen molar-refractivity contribution in [1.82, 2.24) is 5.32 Å². The Labute approximate surface area is 110 Å². The maximum absolute atomic E-state index is 3.33. The van der Waals surface area contributed by atoms with Crippen LogP contribution in [0.5, 0.6) is 0 Å². The minimum absolute atomic E-state index is 0.399. The predicted molar refractivity (Wildman–Crippen MR) is 78.7 cm³/mol. The lowest BCUT2D eigenvalue weighted by Crippen LogP contribution is -2.35. The Kier molecular flexibility index (Phi) is 6.07. The smallest absolute Gasteiger partial charge is 0.00719 e. The molecule has 17 heavy (non-hydrogen) atoms. The van der Waals surface area contributed by atoms with Crippen molar-refractivity contribution >= 4 is 11.8 Å². The van der Waals surface area contributed by atoms with Crippen molar-refractivity contribution in [2.45, 2.75) is 32.1 Å². The van der Waals surface area contributed by atoms with Crippen molar-refractivity contribution in [1.29, 1.82) is 0 Å². The van der Waals surface area contributed by atoms with Gasteiger partial charge in [0, 0.05) is 11.4 Å². The second-order valence-electron chi connectivity index (χ2n) is 5.25. The Hall–Kier alpha value is -0.470. The SMILES string of the molecule is CNCC(C)(CCSc1ccccc1)C(C)C. The molecule has 1 unspecified atom stereocenters. The molecule has 0 heterocycles. The number of hydrogen-bond donors (Lipinski definition) is 1. The largest absolute Gasteiger partial charge is 0.319 e. The second-order valence-corrected chi connectivity index (χ2v) is 6.42. The first kappa shape index (κ1) is 14.6. The number of nitrogens with one attached hydrogen (secondary N) is 1. The first-order chi connectivity index (χ1) is 8.08. The van der Waals surface area contributed by atoms with Gasteiger partial charge in [-0.2, -0.15) is 0 Å². The zero-order chi connectivity index (χ0) is 12.7. The van der Waals surface area contributed by atoms with Crippen LogP contribution in [0.1, 0.15) is 27.2 Å². The molecule has 1 aromatic rings. The van der Waals surface area contributed by atoms with Gasteiger partial charge in [0.1, 0.15) is 0 Å². The molecule has 1 rings (SSSR count). The van der Waals surface area contributed by atoms with Gasteiger partial charge in [0.15, 0.2) is 0 Å². The molecule has 0 saturated heterocycles. The van der Waals surface area contributed by atoms with E-state index in [-0.39, 0.29) is 0 Å². The highest BCUT2D eigenvalue weighted by Gasteiger charge is 2.26. The molecule has 1 aromatic carbocycles. The van der Waals surface area contributed by atoms with Crippen molar-refractivity contribution < 1.29 is 0 Å². The summed E-state index contributed by atoms with van der Waals surface area (Å²) in [5.41, 5.74) is 0.399. The van der Waals surface area contributed by atoms with Crippen LogP contribution in [0.3, 0.4) is 0 Å². The number of benzene rings is 1. The lowest BCUT2D eigenvalue weighted by atomic mass is 9.77. The average Bonchev–Trinajstić information content (AvgIpc) is 2.30. The Morgan fingerprint density at radius 1 is 1.24 bits per heavy atom. The molecule has 0 amide bonds.